The Morgan fingerprint density at radius 1 is 1.18 bits per heavy atom. The van der Waals surface area contributed by atoms with Gasteiger partial charge in [0.1, 0.15) is 23.9 Å². The van der Waals surface area contributed by atoms with Crippen LogP contribution in [-0.2, 0) is 20.8 Å². The molecule has 7 atom stereocenters. The molecule has 1 aliphatic carbocycles. The Morgan fingerprint density at radius 2 is 1.90 bits per heavy atom. The highest BCUT2D eigenvalue weighted by atomic mass is 16.3. The minimum absolute atomic E-state index is 0.0705. The summed E-state index contributed by atoms with van der Waals surface area (Å²) in [5.41, 5.74) is 0.457. The maximum atomic E-state index is 14.3. The van der Waals surface area contributed by atoms with Crippen LogP contribution in [0.2, 0.25) is 0 Å². The lowest BCUT2D eigenvalue weighted by Crippen LogP contribution is -2.69. The monoisotopic (exact) mass is 537 g/mol. The number of aromatic nitrogens is 2. The molecule has 12 heteroatoms. The van der Waals surface area contributed by atoms with Crippen LogP contribution >= 0.6 is 0 Å². The van der Waals surface area contributed by atoms with E-state index in [1.807, 2.05) is 0 Å². The molecule has 2 aromatic heterocycles. The predicted molar refractivity (Wildman–Crippen MR) is 136 cm³/mol. The molecule has 0 spiro atoms. The minimum Gasteiger partial charge on any atom is -0.505 e. The van der Waals surface area contributed by atoms with Crippen molar-refractivity contribution in [2.45, 2.75) is 63.4 Å². The van der Waals surface area contributed by atoms with E-state index in [-0.39, 0.29) is 29.7 Å². The molecule has 4 heterocycles. The zero-order chi connectivity index (χ0) is 28.1. The zero-order valence-electron chi connectivity index (χ0n) is 22.0. The molecule has 3 fully saturated rings. The Morgan fingerprint density at radius 3 is 2.54 bits per heavy atom. The predicted octanol–water partition coefficient (Wildman–Crippen LogP) is -0.0838. The van der Waals surface area contributed by atoms with E-state index < -0.39 is 58.5 Å². The van der Waals surface area contributed by atoms with E-state index in [1.54, 1.807) is 45.4 Å². The molecule has 0 radical (unpaired) electrons. The van der Waals surface area contributed by atoms with Gasteiger partial charge in [0.15, 0.2) is 11.7 Å². The van der Waals surface area contributed by atoms with E-state index in [0.717, 1.165) is 12.8 Å². The van der Waals surface area contributed by atoms with Crippen LogP contribution in [0.5, 0.6) is 5.75 Å². The van der Waals surface area contributed by atoms with E-state index in [9.17, 15) is 29.4 Å². The van der Waals surface area contributed by atoms with Gasteiger partial charge in [-0.1, -0.05) is 13.0 Å². The second-order valence-electron chi connectivity index (χ2n) is 10.8. The van der Waals surface area contributed by atoms with Crippen LogP contribution in [0.15, 0.2) is 42.9 Å². The van der Waals surface area contributed by atoms with Crippen LogP contribution in [0.25, 0.3) is 0 Å². The first kappa shape index (κ1) is 26.7. The second-order valence-corrected chi connectivity index (χ2v) is 10.8. The SMILES string of the molecule is CC1C(=O)NC(C2CC2)C(=O)[N+]2(C)C(C)C(NC(=O)c3ncccc3O)C(=O)N2C(Cc2cccnc2)C1O. The lowest BCUT2D eigenvalue weighted by Gasteiger charge is -2.43. The highest BCUT2D eigenvalue weighted by Gasteiger charge is 2.66. The molecule has 2 saturated heterocycles. The summed E-state index contributed by atoms with van der Waals surface area (Å²) in [7, 11) is 1.59. The smallest absolute Gasteiger partial charge is 0.360 e. The number of aromatic hydroxyl groups is 1. The van der Waals surface area contributed by atoms with Crippen molar-refractivity contribution in [3.63, 3.8) is 0 Å². The van der Waals surface area contributed by atoms with Crippen molar-refractivity contribution in [2.75, 3.05) is 7.05 Å². The lowest BCUT2D eigenvalue weighted by atomic mass is 9.92. The summed E-state index contributed by atoms with van der Waals surface area (Å²) in [6.45, 7) is 3.26. The van der Waals surface area contributed by atoms with Crippen molar-refractivity contribution in [3.05, 3.63) is 54.1 Å². The van der Waals surface area contributed by atoms with Crippen molar-refractivity contribution in [2.24, 2.45) is 11.8 Å². The van der Waals surface area contributed by atoms with E-state index >= 15 is 0 Å². The van der Waals surface area contributed by atoms with Gasteiger partial charge >= 0.3 is 5.91 Å². The van der Waals surface area contributed by atoms with Gasteiger partial charge in [0.25, 0.3) is 11.8 Å². The quantitative estimate of drug-likeness (QED) is 0.385. The van der Waals surface area contributed by atoms with Crippen molar-refractivity contribution < 1.29 is 34.0 Å². The van der Waals surface area contributed by atoms with Crippen LogP contribution in [0, 0.1) is 11.8 Å². The third-order valence-electron chi connectivity index (χ3n) is 8.41. The van der Waals surface area contributed by atoms with Gasteiger partial charge in [0.2, 0.25) is 5.91 Å². The van der Waals surface area contributed by atoms with Gasteiger partial charge in [-0.25, -0.2) is 9.78 Å². The summed E-state index contributed by atoms with van der Waals surface area (Å²) < 4.78 is -0.547. The average Bonchev–Trinajstić information content (AvgIpc) is 3.75. The zero-order valence-corrected chi connectivity index (χ0v) is 22.0. The van der Waals surface area contributed by atoms with Crippen LogP contribution in [0.1, 0.15) is 42.7 Å². The number of aliphatic hydroxyl groups excluding tert-OH is 1. The van der Waals surface area contributed by atoms with Gasteiger partial charge in [-0.2, -0.15) is 9.60 Å². The Kier molecular flexibility index (Phi) is 6.85. The maximum absolute atomic E-state index is 14.3. The normalized spacial score (nSPS) is 33.0. The number of hydrogen-bond donors (Lipinski definition) is 4. The second kappa shape index (κ2) is 10.0. The largest absolute Gasteiger partial charge is 0.505 e. The topological polar surface area (TPSA) is 162 Å². The van der Waals surface area contributed by atoms with Crippen molar-refractivity contribution in [1.82, 2.24) is 25.6 Å². The first-order valence-corrected chi connectivity index (χ1v) is 13.1. The fraction of sp³-hybridized carbons (Fsp3) is 0.481. The van der Waals surface area contributed by atoms with Crippen LogP contribution < -0.4 is 10.6 Å². The Hall–Kier alpha value is -3.90. The summed E-state index contributed by atoms with van der Waals surface area (Å²) >= 11 is 0. The molecule has 0 aromatic carbocycles. The molecule has 2 aliphatic heterocycles. The van der Waals surface area contributed by atoms with E-state index in [2.05, 4.69) is 20.6 Å². The number of rotatable bonds is 5. The summed E-state index contributed by atoms with van der Waals surface area (Å²) in [6, 6.07) is 2.52. The number of fused-ring (bicyclic) bond motifs is 1. The number of pyridine rings is 2. The van der Waals surface area contributed by atoms with Crippen molar-refractivity contribution in [3.8, 4) is 5.75 Å². The van der Waals surface area contributed by atoms with Gasteiger partial charge < -0.3 is 20.8 Å². The lowest BCUT2D eigenvalue weighted by molar-refractivity contribution is -0.954. The average molecular weight is 538 g/mol. The number of carbonyl (C=O) groups excluding carboxylic acids is 4. The molecule has 12 nitrogen and oxygen atoms in total. The number of nitrogens with one attached hydrogen (secondary N) is 2. The third kappa shape index (κ3) is 4.53. The molecule has 4 N–H and O–H groups in total. The highest BCUT2D eigenvalue weighted by Crippen LogP contribution is 2.40. The van der Waals surface area contributed by atoms with Crippen LogP contribution in [0.3, 0.4) is 0 Å². The first-order chi connectivity index (χ1) is 18.6. The number of hydrogen-bond acceptors (Lipinski definition) is 8. The summed E-state index contributed by atoms with van der Waals surface area (Å²) in [6.07, 6.45) is 4.88. The number of aliphatic hydroxyl groups is 1. The first-order valence-electron chi connectivity index (χ1n) is 13.1. The Bertz CT molecular complexity index is 1300. The molecule has 206 valence electrons. The van der Waals surface area contributed by atoms with E-state index in [4.69, 9.17) is 0 Å². The van der Waals surface area contributed by atoms with E-state index in [1.165, 1.54) is 23.3 Å². The van der Waals surface area contributed by atoms with Gasteiger partial charge in [-0.15, -0.1) is 0 Å². The van der Waals surface area contributed by atoms with Gasteiger partial charge in [0, 0.05) is 25.0 Å². The van der Waals surface area contributed by atoms with Gasteiger partial charge in [0.05, 0.1) is 19.1 Å². The standard InChI is InChI=1S/C27H32N6O6/c1-14-23(35)18(12-16-6-4-10-28-13-16)32-26(38)20(30-25(37)22-19(34)7-5-11-29-22)15(2)33(32,3)27(39)21(17-8-9-17)31-24(14)36/h4-7,10-11,13-15,17-18,20-21,23,35H,8-9,12H2,1-3H3,(H2-,30,31,34,36,37)/p+1. The summed E-state index contributed by atoms with van der Waals surface area (Å²) in [4.78, 5) is 62.8. The number of carbonyl (C=O) groups is 4. The number of likely N-dealkylation sites (N-methyl/N-ethyl adjacent to an activating group) is 1. The van der Waals surface area contributed by atoms with Crippen LogP contribution in [-0.4, -0.2) is 90.7 Å². The molecule has 4 amide bonds. The summed E-state index contributed by atoms with van der Waals surface area (Å²) in [5.74, 6) is -3.52. The molecule has 39 heavy (non-hydrogen) atoms. The molecular weight excluding hydrogens is 504 g/mol. The number of nitrogens with zero attached hydrogens (tertiary/aromatic N) is 4. The molecular formula is C27H33N6O6+. The molecule has 2 aromatic rings. The molecule has 1 saturated carbocycles. The van der Waals surface area contributed by atoms with Crippen molar-refractivity contribution >= 4 is 23.6 Å². The summed E-state index contributed by atoms with van der Waals surface area (Å²) in [5, 5.41) is 28.5. The van der Waals surface area contributed by atoms with Gasteiger partial charge in [-0.3, -0.25) is 19.4 Å². The fourth-order valence-electron chi connectivity index (χ4n) is 5.76. The Labute approximate surface area is 225 Å². The van der Waals surface area contributed by atoms with Gasteiger partial charge in [-0.05, 0) is 49.4 Å². The number of quaternary nitrogens is 1. The third-order valence-corrected chi connectivity index (χ3v) is 8.41. The van der Waals surface area contributed by atoms with E-state index in [0.29, 0.717) is 5.56 Å². The molecule has 5 rings (SSSR count). The molecule has 0 bridgehead atoms. The number of amides is 4. The van der Waals surface area contributed by atoms with Crippen LogP contribution in [0.4, 0.5) is 0 Å². The molecule has 3 aliphatic rings. The minimum atomic E-state index is -1.32. The fourth-order valence-corrected chi connectivity index (χ4v) is 5.76. The Balaban J connectivity index is 1.60. The maximum Gasteiger partial charge on any atom is 0.360 e. The molecule has 7 unspecified atom stereocenters. The highest BCUT2D eigenvalue weighted by molar-refractivity contribution is 5.99. The van der Waals surface area contributed by atoms with Crippen molar-refractivity contribution in [1.29, 1.82) is 0 Å².